The Morgan fingerprint density at radius 1 is 1.29 bits per heavy atom. The van der Waals surface area contributed by atoms with Crippen molar-refractivity contribution in [3.63, 3.8) is 0 Å². The monoisotopic (exact) mass is 293 g/mol. The first-order chi connectivity index (χ1) is 9.69. The molecule has 0 heterocycles. The Labute approximate surface area is 125 Å². The summed E-state index contributed by atoms with van der Waals surface area (Å²) in [6.07, 6.45) is -0.226. The van der Waals surface area contributed by atoms with Crippen molar-refractivity contribution in [3.8, 4) is 0 Å². The molecule has 2 N–H and O–H groups in total. The molecule has 0 radical (unpaired) electrons. The molecule has 0 aliphatic carbocycles. The van der Waals surface area contributed by atoms with Gasteiger partial charge in [0.1, 0.15) is 5.60 Å². The van der Waals surface area contributed by atoms with Crippen LogP contribution in [0.1, 0.15) is 31.9 Å². The number of amides is 1. The maximum atomic E-state index is 11.6. The summed E-state index contributed by atoms with van der Waals surface area (Å²) in [4.78, 5) is 22.9. The van der Waals surface area contributed by atoms with Crippen molar-refractivity contribution in [3.05, 3.63) is 35.4 Å². The molecule has 0 saturated heterocycles. The fourth-order valence-electron chi connectivity index (χ4n) is 1.87. The van der Waals surface area contributed by atoms with Crippen LogP contribution in [0.4, 0.5) is 4.79 Å². The number of carbonyl (C=O) groups is 2. The highest BCUT2D eigenvalue weighted by Gasteiger charge is 2.22. The average Bonchev–Trinajstić information content (AvgIpc) is 2.34. The number of ether oxygens (including phenoxy) is 1. The number of carbonyl (C=O) groups excluding carboxylic acids is 1. The zero-order valence-electron chi connectivity index (χ0n) is 13.0. The van der Waals surface area contributed by atoms with Crippen molar-refractivity contribution in [2.45, 2.75) is 39.7 Å². The van der Waals surface area contributed by atoms with Gasteiger partial charge in [0.05, 0.1) is 5.92 Å². The number of carboxylic acids is 1. The second-order valence-corrected chi connectivity index (χ2v) is 6.05. The van der Waals surface area contributed by atoms with Crippen LogP contribution in [-0.2, 0) is 16.0 Å². The zero-order valence-corrected chi connectivity index (χ0v) is 13.0. The molecule has 0 aromatic heterocycles. The van der Waals surface area contributed by atoms with Gasteiger partial charge in [0.25, 0.3) is 0 Å². The summed E-state index contributed by atoms with van der Waals surface area (Å²) >= 11 is 0. The summed E-state index contributed by atoms with van der Waals surface area (Å²) in [7, 11) is 0. The van der Waals surface area contributed by atoms with Gasteiger partial charge < -0.3 is 15.2 Å². The predicted octanol–water partition coefficient (Wildman–Crippen LogP) is 2.76. The first-order valence-electron chi connectivity index (χ1n) is 6.93. The van der Waals surface area contributed by atoms with Gasteiger partial charge in [-0.2, -0.15) is 0 Å². The van der Waals surface area contributed by atoms with E-state index >= 15 is 0 Å². The molecule has 1 aromatic carbocycles. The minimum absolute atomic E-state index is 0.0403. The van der Waals surface area contributed by atoms with Gasteiger partial charge in [-0.05, 0) is 45.2 Å². The number of rotatable bonds is 5. The number of aliphatic carboxylic acids is 1. The van der Waals surface area contributed by atoms with E-state index in [0.717, 1.165) is 11.1 Å². The van der Waals surface area contributed by atoms with E-state index in [1.165, 1.54) is 0 Å². The third kappa shape index (κ3) is 6.29. The second kappa shape index (κ2) is 7.11. The minimum Gasteiger partial charge on any atom is -0.481 e. The molecule has 0 aliphatic heterocycles. The molecule has 0 spiro atoms. The molecule has 1 rings (SSSR count). The molecule has 0 fully saturated rings. The van der Waals surface area contributed by atoms with Crippen molar-refractivity contribution < 1.29 is 19.4 Å². The standard InChI is InChI=1S/C16H23NO4/c1-11-7-5-6-8-12(11)9-13(14(18)19)10-17-15(20)21-16(2,3)4/h5-8,13H,9-10H2,1-4H3,(H,17,20)(H,18,19). The fraction of sp³-hybridized carbons (Fsp3) is 0.500. The van der Waals surface area contributed by atoms with Gasteiger partial charge in [-0.25, -0.2) is 4.79 Å². The maximum absolute atomic E-state index is 11.6. The molecule has 1 amide bonds. The molecule has 116 valence electrons. The van der Waals surface area contributed by atoms with Gasteiger partial charge in [-0.1, -0.05) is 24.3 Å². The number of hydrogen-bond donors (Lipinski definition) is 2. The smallest absolute Gasteiger partial charge is 0.407 e. The van der Waals surface area contributed by atoms with Crippen LogP contribution in [0, 0.1) is 12.8 Å². The Morgan fingerprint density at radius 2 is 1.90 bits per heavy atom. The third-order valence-corrected chi connectivity index (χ3v) is 2.97. The zero-order chi connectivity index (χ0) is 16.0. The van der Waals surface area contributed by atoms with E-state index in [0.29, 0.717) is 6.42 Å². The number of hydrogen-bond acceptors (Lipinski definition) is 3. The van der Waals surface area contributed by atoms with Crippen molar-refractivity contribution in [2.75, 3.05) is 6.54 Å². The number of aryl methyl sites for hydroxylation is 1. The predicted molar refractivity (Wildman–Crippen MR) is 80.2 cm³/mol. The van der Waals surface area contributed by atoms with Crippen LogP contribution in [0.15, 0.2) is 24.3 Å². The van der Waals surface area contributed by atoms with E-state index in [4.69, 9.17) is 4.74 Å². The number of carboxylic acid groups (broad SMARTS) is 1. The molecule has 0 saturated carbocycles. The second-order valence-electron chi connectivity index (χ2n) is 6.05. The summed E-state index contributed by atoms with van der Waals surface area (Å²) in [6, 6.07) is 7.63. The van der Waals surface area contributed by atoms with E-state index < -0.39 is 23.6 Å². The van der Waals surface area contributed by atoms with Crippen molar-refractivity contribution in [1.29, 1.82) is 0 Å². The van der Waals surface area contributed by atoms with Crippen LogP contribution in [0.3, 0.4) is 0 Å². The summed E-state index contributed by atoms with van der Waals surface area (Å²) < 4.78 is 5.10. The first-order valence-corrected chi connectivity index (χ1v) is 6.93. The van der Waals surface area contributed by atoms with E-state index in [1.54, 1.807) is 20.8 Å². The van der Waals surface area contributed by atoms with Crippen LogP contribution >= 0.6 is 0 Å². The SMILES string of the molecule is Cc1ccccc1CC(CNC(=O)OC(C)(C)C)C(=O)O. The van der Waals surface area contributed by atoms with Crippen LogP contribution in [-0.4, -0.2) is 29.3 Å². The molecule has 0 bridgehead atoms. The van der Waals surface area contributed by atoms with Gasteiger partial charge in [0, 0.05) is 6.54 Å². The quantitative estimate of drug-likeness (QED) is 0.875. The first kappa shape index (κ1) is 17.0. The highest BCUT2D eigenvalue weighted by molar-refractivity contribution is 5.73. The lowest BCUT2D eigenvalue weighted by Crippen LogP contribution is -2.37. The van der Waals surface area contributed by atoms with Crippen molar-refractivity contribution in [2.24, 2.45) is 5.92 Å². The number of alkyl carbamates (subject to hydrolysis) is 1. The van der Waals surface area contributed by atoms with E-state index in [2.05, 4.69) is 5.32 Å². The lowest BCUT2D eigenvalue weighted by atomic mass is 9.96. The Morgan fingerprint density at radius 3 is 2.43 bits per heavy atom. The normalized spacial score (nSPS) is 12.6. The van der Waals surface area contributed by atoms with Crippen LogP contribution in [0.25, 0.3) is 0 Å². The van der Waals surface area contributed by atoms with Gasteiger partial charge >= 0.3 is 12.1 Å². The summed E-state index contributed by atoms with van der Waals surface area (Å²) in [5.41, 5.74) is 1.41. The molecule has 1 unspecified atom stereocenters. The Hall–Kier alpha value is -2.04. The number of benzene rings is 1. The van der Waals surface area contributed by atoms with Crippen LogP contribution in [0.2, 0.25) is 0 Å². The van der Waals surface area contributed by atoms with E-state index in [1.807, 2.05) is 31.2 Å². The Bertz CT molecular complexity index is 505. The summed E-state index contributed by atoms with van der Waals surface area (Å²) in [5, 5.41) is 11.8. The molecule has 21 heavy (non-hydrogen) atoms. The lowest BCUT2D eigenvalue weighted by molar-refractivity contribution is -0.141. The largest absolute Gasteiger partial charge is 0.481 e. The molecule has 5 heteroatoms. The van der Waals surface area contributed by atoms with E-state index in [-0.39, 0.29) is 6.54 Å². The van der Waals surface area contributed by atoms with Gasteiger partial charge in [-0.3, -0.25) is 4.79 Å². The number of nitrogens with one attached hydrogen (secondary N) is 1. The molecular formula is C16H23NO4. The Kier molecular flexibility index (Phi) is 5.76. The summed E-state index contributed by atoms with van der Waals surface area (Å²) in [5.74, 6) is -1.62. The van der Waals surface area contributed by atoms with Crippen LogP contribution in [0.5, 0.6) is 0 Å². The molecule has 0 aliphatic rings. The highest BCUT2D eigenvalue weighted by atomic mass is 16.6. The van der Waals surface area contributed by atoms with Crippen molar-refractivity contribution >= 4 is 12.1 Å². The Balaban J connectivity index is 2.61. The van der Waals surface area contributed by atoms with Gasteiger partial charge in [0.15, 0.2) is 0 Å². The topological polar surface area (TPSA) is 75.6 Å². The van der Waals surface area contributed by atoms with E-state index in [9.17, 15) is 14.7 Å². The fourth-order valence-corrected chi connectivity index (χ4v) is 1.87. The molecule has 1 aromatic rings. The minimum atomic E-state index is -0.936. The highest BCUT2D eigenvalue weighted by Crippen LogP contribution is 2.14. The van der Waals surface area contributed by atoms with Crippen LogP contribution < -0.4 is 5.32 Å². The third-order valence-electron chi connectivity index (χ3n) is 2.97. The lowest BCUT2D eigenvalue weighted by Gasteiger charge is -2.21. The van der Waals surface area contributed by atoms with Gasteiger partial charge in [0.2, 0.25) is 0 Å². The molecule has 5 nitrogen and oxygen atoms in total. The van der Waals surface area contributed by atoms with Crippen molar-refractivity contribution in [1.82, 2.24) is 5.32 Å². The molecular weight excluding hydrogens is 270 g/mol. The maximum Gasteiger partial charge on any atom is 0.407 e. The van der Waals surface area contributed by atoms with Gasteiger partial charge in [-0.15, -0.1) is 0 Å². The summed E-state index contributed by atoms with van der Waals surface area (Å²) in [6.45, 7) is 7.26. The molecule has 1 atom stereocenters. The average molecular weight is 293 g/mol.